The van der Waals surface area contributed by atoms with E-state index in [1.165, 1.54) is 0 Å². The number of rotatable bonds is 12. The van der Waals surface area contributed by atoms with Gasteiger partial charge in [0.05, 0.1) is 0 Å². The maximum atomic E-state index is 10.2. The smallest absolute Gasteiger partial charge is 0.438 e. The lowest BCUT2D eigenvalue weighted by Gasteiger charge is -2.55. The van der Waals surface area contributed by atoms with E-state index < -0.39 is 121 Å². The zero-order valence-electron chi connectivity index (χ0n) is 13.7. The Hall–Kier alpha value is 2.95. The summed E-state index contributed by atoms with van der Waals surface area (Å²) in [5.41, 5.74) is 0. The molecule has 0 aromatic heterocycles. The van der Waals surface area contributed by atoms with Gasteiger partial charge in [-0.1, -0.05) is 0 Å². The first kappa shape index (κ1) is 23.4. The van der Waals surface area contributed by atoms with Gasteiger partial charge in [0.15, 0.2) is 0 Å². The summed E-state index contributed by atoms with van der Waals surface area (Å²) in [5, 5.41) is 0. The van der Waals surface area contributed by atoms with Crippen molar-refractivity contribution in [2.75, 3.05) is 0 Å². The van der Waals surface area contributed by atoms with E-state index in [4.69, 9.17) is 63.1 Å². The molecule has 5 N–H and O–H groups in total. The van der Waals surface area contributed by atoms with Gasteiger partial charge in [0.2, 0.25) is 0 Å². The van der Waals surface area contributed by atoms with E-state index in [1.807, 2.05) is 0 Å². The Labute approximate surface area is 195 Å². The van der Waals surface area contributed by atoms with Crippen molar-refractivity contribution >= 4 is 121 Å². The van der Waals surface area contributed by atoms with E-state index in [0.29, 0.717) is 0 Å². The van der Waals surface area contributed by atoms with E-state index in [2.05, 4.69) is 3.48 Å². The second-order valence-corrected chi connectivity index (χ2v) is 28.1. The third-order valence-corrected chi connectivity index (χ3v) is 32.8. The predicted octanol–water partition coefficient (Wildman–Crippen LogP) is -7.62. The Balaban J connectivity index is 1.11. The van der Waals surface area contributed by atoms with Crippen LogP contribution in [0.4, 0.5) is 0 Å². The first-order valence-electron chi connectivity index (χ1n) is 7.72. The molecule has 0 spiro atoms. The summed E-state index contributed by atoms with van der Waals surface area (Å²) in [5.74, 6) is 0. The minimum absolute atomic E-state index is 2.12. The first-order valence-corrected chi connectivity index (χ1v) is 23.1. The Morgan fingerprint density at radius 1 is 0.533 bits per heavy atom. The van der Waals surface area contributed by atoms with Crippen LogP contribution in [0, 0.1) is 0 Å². The van der Waals surface area contributed by atoms with Crippen molar-refractivity contribution in [2.24, 2.45) is 0 Å². The van der Waals surface area contributed by atoms with Gasteiger partial charge in [0, 0.05) is 0 Å². The molecule has 0 aromatic rings. The minimum Gasteiger partial charge on any atom is -0.438 e. The average Bonchev–Trinajstić information content (AvgIpc) is 2.34. The van der Waals surface area contributed by atoms with Crippen LogP contribution in [0.25, 0.3) is 0 Å². The Kier molecular flexibility index (Phi) is 6.01. The van der Waals surface area contributed by atoms with E-state index in [9.17, 15) is 9.59 Å². The van der Waals surface area contributed by atoms with Crippen LogP contribution in [0.3, 0.4) is 0 Å². The fourth-order valence-corrected chi connectivity index (χ4v) is 28.3. The van der Waals surface area contributed by atoms with Crippen molar-refractivity contribution in [3.05, 3.63) is 0 Å². The van der Waals surface area contributed by atoms with Gasteiger partial charge in [0.1, 0.15) is 0 Å². The third-order valence-electron chi connectivity index (χ3n) is 3.64. The van der Waals surface area contributed by atoms with Gasteiger partial charge >= 0.3 is 121 Å². The van der Waals surface area contributed by atoms with Crippen molar-refractivity contribution < 1.29 is 76.1 Å². The van der Waals surface area contributed by atoms with Crippen LogP contribution in [-0.4, -0.2) is 145 Å². The second-order valence-electron chi connectivity index (χ2n) is 5.83. The van der Waals surface area contributed by atoms with E-state index >= 15 is 0 Å². The van der Waals surface area contributed by atoms with Gasteiger partial charge in [-0.15, -0.1) is 0 Å². The van der Waals surface area contributed by atoms with E-state index in [0.717, 1.165) is 0 Å². The van der Waals surface area contributed by atoms with Crippen LogP contribution in [-0.2, 0) is 52.2 Å². The van der Waals surface area contributed by atoms with E-state index in [-0.39, 0.29) is 0 Å². The fraction of sp³-hybridized carbons (Fsp3) is 0. The van der Waals surface area contributed by atoms with Gasteiger partial charge in [-0.25, -0.2) is 0 Å². The fourth-order valence-electron chi connectivity index (χ4n) is 2.30. The lowest BCUT2D eigenvalue weighted by Crippen LogP contribution is -2.85. The molecule has 0 aliphatic carbocycles. The highest BCUT2D eigenvalue weighted by Crippen LogP contribution is 2.42. The molecule has 30 heteroatoms. The Morgan fingerprint density at radius 2 is 0.867 bits per heavy atom. The lowest BCUT2D eigenvalue weighted by atomic mass is 15.4. The molecule has 9 rings (SSSR count). The van der Waals surface area contributed by atoms with Crippen molar-refractivity contribution in [2.45, 2.75) is 0 Å². The van der Waals surface area contributed by atoms with Gasteiger partial charge < -0.3 is 76.1 Å². The molecular formula is H5Al5O20Si5. The number of hydrogen-bond donors (Lipinski definition) is 5. The Bertz CT molecular complexity index is 648. The van der Waals surface area contributed by atoms with Crippen molar-refractivity contribution in [3.8, 4) is 0 Å². The van der Waals surface area contributed by atoms with Crippen LogP contribution in [0.15, 0.2) is 0 Å². The molecule has 20 nitrogen and oxygen atoms in total. The van der Waals surface area contributed by atoms with Gasteiger partial charge in [0.25, 0.3) is 0 Å². The molecule has 0 saturated carbocycles. The zero-order chi connectivity index (χ0) is 21.0. The molecule has 0 unspecified atom stereocenters. The summed E-state index contributed by atoms with van der Waals surface area (Å²) >= 11 is -14.0. The zero-order valence-corrected chi connectivity index (χ0v) is 24.5. The van der Waals surface area contributed by atoms with Crippen LogP contribution in [0.1, 0.15) is 0 Å². The molecule has 9 fully saturated rings. The summed E-state index contributed by atoms with van der Waals surface area (Å²) in [6.07, 6.45) is 0. The van der Waals surface area contributed by atoms with Crippen molar-refractivity contribution in [1.29, 1.82) is 0 Å². The highest BCUT2D eigenvalue weighted by Gasteiger charge is 2.84. The topological polar surface area (TPSA) is 240 Å². The second kappa shape index (κ2) is 7.72. The largest absolute Gasteiger partial charge is 0.886 e. The van der Waals surface area contributed by atoms with Crippen molar-refractivity contribution in [3.63, 3.8) is 0 Å². The summed E-state index contributed by atoms with van der Waals surface area (Å²) in [7, 11) is -20.8. The molecule has 9 aliphatic rings. The molecule has 0 aromatic carbocycles. The highest BCUT2D eigenvalue weighted by molar-refractivity contribution is 6.95. The maximum Gasteiger partial charge on any atom is 0.886 e. The molecule has 0 radical (unpaired) electrons. The third kappa shape index (κ3) is 4.57. The summed E-state index contributed by atoms with van der Waals surface area (Å²) in [4.78, 5) is 47.9. The van der Waals surface area contributed by atoms with Crippen LogP contribution >= 0.6 is 0 Å². The quantitative estimate of drug-likeness (QED) is 0.131. The molecule has 6 bridgehead atoms. The standard InChI is InChI=1S/5Al.H3O4Si.H2O4Si.3O4Si/c;;;;;5*1-5(2,3)4/h;;;;;1-3H;1-2H;;;/q5*+3;-1;-2;3*-4. The first-order chi connectivity index (χ1) is 13.9. The Morgan fingerprint density at radius 3 is 1.17 bits per heavy atom. The molecule has 30 heavy (non-hydrogen) atoms. The average molecular weight is 600 g/mol. The molecule has 9 saturated heterocycles. The summed E-state index contributed by atoms with van der Waals surface area (Å²) in [6.45, 7) is 0. The normalized spacial score (nSPS) is 27.7. The van der Waals surface area contributed by atoms with Crippen LogP contribution < -0.4 is 0 Å². The van der Waals surface area contributed by atoms with Gasteiger partial charge in [-0.2, -0.15) is 0 Å². The monoisotopic (exact) mass is 600 g/mol. The summed E-state index contributed by atoms with van der Waals surface area (Å²) < 4.78 is 76.8. The van der Waals surface area contributed by atoms with E-state index in [1.54, 1.807) is 0 Å². The van der Waals surface area contributed by atoms with Crippen LogP contribution in [0.2, 0.25) is 0 Å². The summed E-state index contributed by atoms with van der Waals surface area (Å²) in [6, 6.07) is 0. The maximum absolute atomic E-state index is 10.2. The number of hydrogen-bond acceptors (Lipinski definition) is 20. The molecule has 0 atom stereocenters. The highest BCUT2D eigenvalue weighted by atomic mass is 28.5. The lowest BCUT2D eigenvalue weighted by molar-refractivity contribution is -0.0897. The predicted molar refractivity (Wildman–Crippen MR) is 84.9 cm³/mol. The van der Waals surface area contributed by atoms with Gasteiger partial charge in [-0.3, -0.25) is 0 Å². The van der Waals surface area contributed by atoms with Gasteiger partial charge in [-0.05, 0) is 0 Å². The molecular weight excluding hydrogens is 595 g/mol. The SMILES string of the molecule is O[Si](O)(O)[O][Al]([O][Si](O)(O)[O][Al]([O][Si]12[O][Al]([O]1)[O]2)[O][Si]12[O][Al]([O]1)[O]2)[O][Si]12[O][Al]([O]1)[O]2. The molecule has 9 aliphatic heterocycles. The molecule has 0 amide bonds. The minimum atomic E-state index is -5.23. The molecule has 9 heterocycles. The van der Waals surface area contributed by atoms with Crippen LogP contribution in [0.5, 0.6) is 0 Å². The van der Waals surface area contributed by atoms with Crippen molar-refractivity contribution in [1.82, 2.24) is 0 Å². The molecule has 160 valence electrons.